The maximum Gasteiger partial charge on any atom is -0.0253 e. The van der Waals surface area contributed by atoms with Crippen molar-refractivity contribution in [1.82, 2.24) is 0 Å². The molecule has 0 aliphatic heterocycles. The molecule has 0 amide bonds. The van der Waals surface area contributed by atoms with Gasteiger partial charge in [0.15, 0.2) is 0 Å². The fourth-order valence-corrected chi connectivity index (χ4v) is 6.14. The summed E-state index contributed by atoms with van der Waals surface area (Å²) < 4.78 is 0. The van der Waals surface area contributed by atoms with Gasteiger partial charge in [-0.1, -0.05) is 82.9 Å². The normalized spacial score (nSPS) is 10.4. The number of fused-ring (bicyclic) bond motifs is 8. The topological polar surface area (TPSA) is 0 Å². The summed E-state index contributed by atoms with van der Waals surface area (Å²) in [5.41, 5.74) is 11.4. The molecule has 2 aliphatic carbocycles. The van der Waals surface area contributed by atoms with Crippen LogP contribution >= 0.6 is 0 Å². The summed E-state index contributed by atoms with van der Waals surface area (Å²) in [6, 6.07) is 65.6. The second kappa shape index (κ2) is 24.1. The Hall–Kier alpha value is -2.68. The molecule has 268 valence electrons. The van der Waals surface area contributed by atoms with Gasteiger partial charge in [-0.05, 0) is 12.8 Å². The van der Waals surface area contributed by atoms with Crippen molar-refractivity contribution in [2.75, 3.05) is 0 Å². The number of benzene rings is 6. The van der Waals surface area contributed by atoms with E-state index in [4.69, 9.17) is 0 Å². The number of hydrogen-bond donors (Lipinski definition) is 0. The van der Waals surface area contributed by atoms with Crippen LogP contribution in [0.25, 0.3) is 43.8 Å². The van der Waals surface area contributed by atoms with Gasteiger partial charge in [-0.2, -0.15) is 94.7 Å². The van der Waals surface area contributed by atoms with Crippen molar-refractivity contribution in [2.45, 2.75) is 39.0 Å². The van der Waals surface area contributed by atoms with Crippen LogP contribution in [-0.4, -0.2) is 10.9 Å². The van der Waals surface area contributed by atoms with E-state index in [0.717, 1.165) is 12.8 Å². The van der Waals surface area contributed by atoms with Crippen LogP contribution in [0.15, 0.2) is 170 Å². The third-order valence-electron chi connectivity index (χ3n) is 8.33. The molecule has 8 aromatic carbocycles. The Labute approximate surface area is 365 Å². The molecular formula is C48H44Cl2Si2Zr2-2. The maximum atomic E-state index is 3.30. The molecule has 0 radical (unpaired) electrons. The molecule has 10 rings (SSSR count). The molecular weight excluding hydrogens is 886 g/mol. The second-order valence-corrected chi connectivity index (χ2v) is 31.9. The van der Waals surface area contributed by atoms with Crippen LogP contribution in [0.5, 0.6) is 0 Å². The van der Waals surface area contributed by atoms with Crippen LogP contribution in [0.4, 0.5) is 0 Å². The minimum Gasteiger partial charge on any atom is -1.00 e. The van der Waals surface area contributed by atoms with Gasteiger partial charge in [0, 0.05) is 0 Å². The van der Waals surface area contributed by atoms with Gasteiger partial charge in [0.05, 0.1) is 0 Å². The third-order valence-corrected chi connectivity index (χ3v) is 8.33. The Morgan fingerprint density at radius 2 is 0.778 bits per heavy atom. The average molecular weight is 930 g/mol. The first kappa shape index (κ1) is 45.7. The molecule has 0 nitrogen and oxygen atoms in total. The Balaban J connectivity index is 0.000000181. The Morgan fingerprint density at radius 1 is 0.444 bits per heavy atom. The van der Waals surface area contributed by atoms with E-state index in [1.54, 1.807) is 46.7 Å². The van der Waals surface area contributed by atoms with E-state index in [1.807, 2.05) is 12.1 Å². The van der Waals surface area contributed by atoms with Crippen LogP contribution in [0.1, 0.15) is 22.3 Å². The zero-order valence-corrected chi connectivity index (χ0v) is 39.8. The van der Waals surface area contributed by atoms with Crippen molar-refractivity contribution in [3.05, 3.63) is 204 Å². The molecule has 2 aliphatic rings. The molecule has 0 unspecified atom stereocenters. The molecule has 0 fully saturated rings. The molecule has 8 aromatic rings. The van der Waals surface area contributed by atoms with Gasteiger partial charge < -0.3 is 24.8 Å². The standard InChI is InChI=1S/2C13H9.2C9H7.2C2H6Si.2ClH.2Zr/c2*1-3-7-12-10(5-1)9-11-6-2-4-8-13(11)12;2*1-2-5-9-7-3-6-8(9)4-1;2*1-3-2;;;;/h2*1-5,7-8H,9H2;2*1-7H;2*1-2H3;2*1H;;/q4*-1;;;;;2*+2/p-2. The van der Waals surface area contributed by atoms with Crippen molar-refractivity contribution in [2.24, 2.45) is 0 Å². The van der Waals surface area contributed by atoms with E-state index in [0.29, 0.717) is 0 Å². The molecule has 54 heavy (non-hydrogen) atoms. The van der Waals surface area contributed by atoms with Gasteiger partial charge in [0.2, 0.25) is 0 Å². The van der Waals surface area contributed by atoms with E-state index in [-0.39, 0.29) is 35.7 Å². The van der Waals surface area contributed by atoms with Gasteiger partial charge >= 0.3 is 83.7 Å². The predicted octanol–water partition coefficient (Wildman–Crippen LogP) is 6.81. The summed E-state index contributed by atoms with van der Waals surface area (Å²) in [6.07, 6.45) is 2.10. The van der Waals surface area contributed by atoms with Crippen molar-refractivity contribution in [3.8, 4) is 22.3 Å². The molecule has 0 saturated carbocycles. The molecule has 0 atom stereocenters. The van der Waals surface area contributed by atoms with Crippen LogP contribution in [0, 0.1) is 12.1 Å². The Bertz CT molecular complexity index is 2050. The summed E-state index contributed by atoms with van der Waals surface area (Å²) in [4.78, 5) is 0. The van der Waals surface area contributed by atoms with Crippen molar-refractivity contribution < 1.29 is 71.5 Å². The Kier molecular flexibility index (Phi) is 20.4. The molecule has 0 aromatic heterocycles. The van der Waals surface area contributed by atoms with Gasteiger partial charge in [-0.3, -0.25) is 0 Å². The molecule has 0 spiro atoms. The zero-order valence-electron chi connectivity index (χ0n) is 31.3. The van der Waals surface area contributed by atoms with E-state index in [1.165, 1.54) is 66.1 Å². The third kappa shape index (κ3) is 13.8. The first-order valence-electron chi connectivity index (χ1n) is 17.7. The molecule has 0 bridgehead atoms. The van der Waals surface area contributed by atoms with Gasteiger partial charge in [-0.15, -0.1) is 70.4 Å². The van der Waals surface area contributed by atoms with Crippen LogP contribution in [-0.2, 0) is 59.5 Å². The number of halogens is 2. The van der Waals surface area contributed by atoms with Crippen LogP contribution in [0.3, 0.4) is 0 Å². The van der Waals surface area contributed by atoms with E-state index in [9.17, 15) is 0 Å². The average Bonchev–Trinajstić information content (AvgIpc) is 3.96. The number of hydrogen-bond acceptors (Lipinski definition) is 0. The van der Waals surface area contributed by atoms with Crippen LogP contribution < -0.4 is 24.8 Å². The van der Waals surface area contributed by atoms with Gasteiger partial charge in [-0.25, -0.2) is 0 Å². The van der Waals surface area contributed by atoms with E-state index >= 15 is 0 Å². The molecule has 6 heteroatoms. The summed E-state index contributed by atoms with van der Waals surface area (Å²) in [5, 5.41) is 5.32. The minimum atomic E-state index is 0. The number of rotatable bonds is 0. The Morgan fingerprint density at radius 3 is 1.17 bits per heavy atom. The smallest absolute Gasteiger partial charge is 0.0253 e. The minimum absolute atomic E-state index is 0. The largest absolute Gasteiger partial charge is 1.00 e. The molecule has 0 saturated heterocycles. The first-order chi connectivity index (χ1) is 25.3. The summed E-state index contributed by atoms with van der Waals surface area (Å²) in [7, 11) is 0. The summed E-state index contributed by atoms with van der Waals surface area (Å²) >= 11 is 3.48. The van der Waals surface area contributed by atoms with E-state index < -0.39 is 0 Å². The fraction of sp³-hybridized carbons (Fsp3) is 0.125. The van der Waals surface area contributed by atoms with Gasteiger partial charge in [0.1, 0.15) is 0 Å². The van der Waals surface area contributed by atoms with Crippen molar-refractivity contribution >= 4 is 32.4 Å². The fourth-order valence-electron chi connectivity index (χ4n) is 6.14. The van der Waals surface area contributed by atoms with Crippen molar-refractivity contribution in [1.29, 1.82) is 0 Å². The van der Waals surface area contributed by atoms with Crippen LogP contribution in [0.2, 0.25) is 26.2 Å². The SMILES string of the molecule is C[Si](C)=[Zr+2].C[Si](C)=[Zr+2].[Cl-].[Cl-].[c-]1cccc2c1Cc1ccccc1-2.[c-]1cccc2c1Cc1ccccc1-2.c1ccc2[cH-]ccc2c1.c1ccc2[cH-]ccc2c1. The quantitative estimate of drug-likeness (QED) is 0.116. The zero-order chi connectivity index (χ0) is 36.7. The van der Waals surface area contributed by atoms with Crippen molar-refractivity contribution in [3.63, 3.8) is 0 Å². The first-order valence-corrected chi connectivity index (χ1v) is 30.1. The van der Waals surface area contributed by atoms with Gasteiger partial charge in [0.25, 0.3) is 0 Å². The van der Waals surface area contributed by atoms with E-state index in [2.05, 4.69) is 196 Å². The second-order valence-electron chi connectivity index (χ2n) is 13.1. The summed E-state index contributed by atoms with van der Waals surface area (Å²) in [6.45, 7) is 9.23. The predicted molar refractivity (Wildman–Crippen MR) is 221 cm³/mol. The molecule has 0 N–H and O–H groups in total. The molecule has 0 heterocycles. The maximum absolute atomic E-state index is 3.30. The monoisotopic (exact) mass is 926 g/mol. The summed E-state index contributed by atoms with van der Waals surface area (Å²) in [5.74, 6) is 0.